The molecule has 0 radical (unpaired) electrons. The molecule has 0 spiro atoms. The predicted octanol–water partition coefficient (Wildman–Crippen LogP) is 1.88. The zero-order valence-electron chi connectivity index (χ0n) is 10.8. The smallest absolute Gasteiger partial charge is 0.243 e. The van der Waals surface area contributed by atoms with E-state index in [1.54, 1.807) is 12.4 Å². The van der Waals surface area contributed by atoms with E-state index in [2.05, 4.69) is 34.0 Å². The highest BCUT2D eigenvalue weighted by Crippen LogP contribution is 2.19. The Bertz CT molecular complexity index is 505. The van der Waals surface area contributed by atoms with Gasteiger partial charge < -0.3 is 10.3 Å². The lowest BCUT2D eigenvalue weighted by Crippen LogP contribution is -2.13. The van der Waals surface area contributed by atoms with Crippen molar-refractivity contribution in [3.8, 4) is 11.6 Å². The molecule has 6 nitrogen and oxygen atoms in total. The molecule has 0 aliphatic rings. The van der Waals surface area contributed by atoms with Crippen molar-refractivity contribution in [3.05, 3.63) is 23.8 Å². The maximum atomic E-state index is 5.97. The highest BCUT2D eigenvalue weighted by molar-refractivity contribution is 5.41. The van der Waals surface area contributed by atoms with Crippen LogP contribution in [-0.2, 0) is 0 Å². The molecule has 0 bridgehead atoms. The molecule has 2 aromatic rings. The average molecular weight is 247 g/mol. The van der Waals surface area contributed by atoms with Crippen LogP contribution < -0.4 is 5.73 Å². The highest BCUT2D eigenvalue weighted by Gasteiger charge is 2.17. The van der Waals surface area contributed by atoms with Crippen molar-refractivity contribution in [1.29, 1.82) is 0 Å². The largest absolute Gasteiger partial charge is 0.337 e. The molecule has 2 rings (SSSR count). The second-order valence-corrected chi connectivity index (χ2v) is 4.78. The van der Waals surface area contributed by atoms with Crippen LogP contribution in [0.3, 0.4) is 0 Å². The van der Waals surface area contributed by atoms with Crippen molar-refractivity contribution in [2.45, 2.75) is 33.2 Å². The molecule has 0 fully saturated rings. The summed E-state index contributed by atoms with van der Waals surface area (Å²) in [6.45, 7) is 6.12. The number of aryl methyl sites for hydroxylation is 1. The first-order valence-corrected chi connectivity index (χ1v) is 5.94. The van der Waals surface area contributed by atoms with Crippen LogP contribution in [-0.4, -0.2) is 20.1 Å². The van der Waals surface area contributed by atoms with E-state index in [1.165, 1.54) is 0 Å². The minimum Gasteiger partial charge on any atom is -0.337 e. The lowest BCUT2D eigenvalue weighted by molar-refractivity contribution is 0.335. The van der Waals surface area contributed by atoms with Gasteiger partial charge in [0.1, 0.15) is 0 Å². The molecule has 2 aromatic heterocycles. The maximum absolute atomic E-state index is 5.97. The molecule has 18 heavy (non-hydrogen) atoms. The average Bonchev–Trinajstić information content (AvgIpc) is 2.78. The van der Waals surface area contributed by atoms with E-state index >= 15 is 0 Å². The SMILES string of the molecule is Cc1cnc(-c2noc([C@H](N)CC(C)C)n2)nc1. The monoisotopic (exact) mass is 247 g/mol. The van der Waals surface area contributed by atoms with Crippen LogP contribution in [0.5, 0.6) is 0 Å². The van der Waals surface area contributed by atoms with Gasteiger partial charge in [-0.1, -0.05) is 19.0 Å². The van der Waals surface area contributed by atoms with Gasteiger partial charge in [0.05, 0.1) is 6.04 Å². The Morgan fingerprint density at radius 3 is 2.50 bits per heavy atom. The third kappa shape index (κ3) is 2.89. The fourth-order valence-corrected chi connectivity index (χ4v) is 1.59. The number of aromatic nitrogens is 4. The van der Waals surface area contributed by atoms with E-state index in [0.717, 1.165) is 12.0 Å². The molecule has 0 saturated carbocycles. The Morgan fingerprint density at radius 1 is 1.22 bits per heavy atom. The first-order valence-electron chi connectivity index (χ1n) is 5.94. The maximum Gasteiger partial charge on any atom is 0.243 e. The summed E-state index contributed by atoms with van der Waals surface area (Å²) in [5, 5.41) is 3.85. The van der Waals surface area contributed by atoms with Gasteiger partial charge in [-0.15, -0.1) is 0 Å². The van der Waals surface area contributed by atoms with Crippen LogP contribution in [0.4, 0.5) is 0 Å². The van der Waals surface area contributed by atoms with E-state index < -0.39 is 0 Å². The Labute approximate surface area is 106 Å². The van der Waals surface area contributed by atoms with Crippen LogP contribution in [0.2, 0.25) is 0 Å². The van der Waals surface area contributed by atoms with Crippen molar-refractivity contribution >= 4 is 0 Å². The fraction of sp³-hybridized carbons (Fsp3) is 0.500. The standard InChI is InChI=1S/C12H17N5O/c1-7(2)4-9(13)12-16-11(17-18-12)10-14-5-8(3)6-15-10/h5-7,9H,4,13H2,1-3H3/t9-/m1/s1. The van der Waals surface area contributed by atoms with Gasteiger partial charge in [-0.2, -0.15) is 4.98 Å². The second-order valence-electron chi connectivity index (χ2n) is 4.78. The predicted molar refractivity (Wildman–Crippen MR) is 66.4 cm³/mol. The van der Waals surface area contributed by atoms with Crippen molar-refractivity contribution < 1.29 is 4.52 Å². The summed E-state index contributed by atoms with van der Waals surface area (Å²) in [7, 11) is 0. The molecule has 96 valence electrons. The Kier molecular flexibility index (Phi) is 3.66. The number of rotatable bonds is 4. The van der Waals surface area contributed by atoms with E-state index in [0.29, 0.717) is 23.5 Å². The Balaban J connectivity index is 2.17. The molecule has 0 aliphatic carbocycles. The summed E-state index contributed by atoms with van der Waals surface area (Å²) in [5.74, 6) is 1.74. The molecule has 0 unspecified atom stereocenters. The van der Waals surface area contributed by atoms with E-state index in [1.807, 2.05) is 6.92 Å². The van der Waals surface area contributed by atoms with Crippen molar-refractivity contribution in [2.75, 3.05) is 0 Å². The fourth-order valence-electron chi connectivity index (χ4n) is 1.59. The normalized spacial score (nSPS) is 12.9. The molecular formula is C12H17N5O. The van der Waals surface area contributed by atoms with Crippen molar-refractivity contribution in [2.24, 2.45) is 11.7 Å². The van der Waals surface area contributed by atoms with Crippen LogP contribution in [0, 0.1) is 12.8 Å². The first kappa shape index (κ1) is 12.6. The second kappa shape index (κ2) is 5.22. The van der Waals surface area contributed by atoms with Gasteiger partial charge in [0, 0.05) is 12.4 Å². The summed E-state index contributed by atoms with van der Waals surface area (Å²) >= 11 is 0. The van der Waals surface area contributed by atoms with Gasteiger partial charge in [0.2, 0.25) is 17.5 Å². The molecule has 2 N–H and O–H groups in total. The van der Waals surface area contributed by atoms with Gasteiger partial charge in [-0.3, -0.25) is 0 Å². The zero-order valence-corrected chi connectivity index (χ0v) is 10.8. The van der Waals surface area contributed by atoms with E-state index in [9.17, 15) is 0 Å². The number of hydrogen-bond acceptors (Lipinski definition) is 6. The third-order valence-corrected chi connectivity index (χ3v) is 2.47. The van der Waals surface area contributed by atoms with E-state index in [4.69, 9.17) is 10.3 Å². The van der Waals surface area contributed by atoms with Crippen LogP contribution in [0.15, 0.2) is 16.9 Å². The number of nitrogens with two attached hydrogens (primary N) is 1. The zero-order chi connectivity index (χ0) is 13.1. The first-order chi connectivity index (χ1) is 8.56. The lowest BCUT2D eigenvalue weighted by atomic mass is 10.0. The Hall–Kier alpha value is -1.82. The van der Waals surface area contributed by atoms with Gasteiger partial charge in [0.25, 0.3) is 0 Å². The van der Waals surface area contributed by atoms with Crippen molar-refractivity contribution in [1.82, 2.24) is 20.1 Å². The minimum absolute atomic E-state index is 0.239. The topological polar surface area (TPSA) is 90.7 Å². The molecule has 0 aromatic carbocycles. The molecular weight excluding hydrogens is 230 g/mol. The van der Waals surface area contributed by atoms with Crippen molar-refractivity contribution in [3.63, 3.8) is 0 Å². The summed E-state index contributed by atoms with van der Waals surface area (Å²) in [6, 6.07) is -0.239. The molecule has 0 saturated heterocycles. The lowest BCUT2D eigenvalue weighted by Gasteiger charge is -2.08. The Morgan fingerprint density at radius 2 is 1.89 bits per heavy atom. The van der Waals surface area contributed by atoms with Gasteiger partial charge >= 0.3 is 0 Å². The minimum atomic E-state index is -0.239. The van der Waals surface area contributed by atoms with Gasteiger partial charge in [0.15, 0.2) is 0 Å². The van der Waals surface area contributed by atoms with Crippen LogP contribution >= 0.6 is 0 Å². The summed E-state index contributed by atoms with van der Waals surface area (Å²) < 4.78 is 5.15. The highest BCUT2D eigenvalue weighted by atomic mass is 16.5. The molecule has 1 atom stereocenters. The third-order valence-electron chi connectivity index (χ3n) is 2.47. The summed E-state index contributed by atoms with van der Waals surface area (Å²) in [4.78, 5) is 12.5. The number of hydrogen-bond donors (Lipinski definition) is 1. The number of nitrogens with zero attached hydrogens (tertiary/aromatic N) is 4. The molecule has 2 heterocycles. The van der Waals surface area contributed by atoms with Gasteiger partial charge in [-0.05, 0) is 24.8 Å². The molecule has 0 aliphatic heterocycles. The summed E-state index contributed by atoms with van der Waals surface area (Å²) in [5.41, 5.74) is 6.96. The summed E-state index contributed by atoms with van der Waals surface area (Å²) in [6.07, 6.45) is 4.23. The van der Waals surface area contributed by atoms with Crippen LogP contribution in [0.1, 0.15) is 37.8 Å². The molecule has 6 heteroatoms. The van der Waals surface area contributed by atoms with Gasteiger partial charge in [-0.25, -0.2) is 9.97 Å². The van der Waals surface area contributed by atoms with Crippen LogP contribution in [0.25, 0.3) is 11.6 Å². The quantitative estimate of drug-likeness (QED) is 0.887. The molecule has 0 amide bonds. The van der Waals surface area contributed by atoms with E-state index in [-0.39, 0.29) is 6.04 Å².